The largest absolute Gasteiger partial charge is 0.462 e. The molecule has 0 aliphatic carbocycles. The maximum absolute atomic E-state index is 13.4. The molecule has 0 bridgehead atoms. The summed E-state index contributed by atoms with van der Waals surface area (Å²) in [7, 11) is 0. The molecule has 32 heavy (non-hydrogen) atoms. The second-order valence-corrected chi connectivity index (χ2v) is 8.69. The molecule has 0 unspecified atom stereocenters. The average Bonchev–Trinajstić information content (AvgIpc) is 3.14. The highest BCUT2D eigenvalue weighted by atomic mass is 32.1. The van der Waals surface area contributed by atoms with Gasteiger partial charge in [-0.3, -0.25) is 14.5 Å². The lowest BCUT2D eigenvalue weighted by molar-refractivity contribution is -0.135. The van der Waals surface area contributed by atoms with Gasteiger partial charge >= 0.3 is 5.97 Å². The minimum Gasteiger partial charge on any atom is -0.462 e. The Balaban J connectivity index is 1.87. The van der Waals surface area contributed by atoms with Gasteiger partial charge in [-0.25, -0.2) is 14.2 Å². The lowest BCUT2D eigenvalue weighted by Crippen LogP contribution is -2.43. The van der Waals surface area contributed by atoms with Crippen LogP contribution in [0.25, 0.3) is 0 Å². The number of carbonyl (C=O) groups excluding carboxylic acids is 3. The fraction of sp³-hybridized carbons (Fsp3) is 0.478. The quantitative estimate of drug-likeness (QED) is 0.580. The maximum atomic E-state index is 13.4. The van der Waals surface area contributed by atoms with Gasteiger partial charge in [0.25, 0.3) is 0 Å². The van der Waals surface area contributed by atoms with Crippen LogP contribution in [0.15, 0.2) is 24.3 Å². The third kappa shape index (κ3) is 6.12. The highest BCUT2D eigenvalue weighted by Crippen LogP contribution is 2.28. The molecule has 0 radical (unpaired) electrons. The number of aryl methyl sites for hydroxylation is 1. The maximum Gasteiger partial charge on any atom is 0.350 e. The Kier molecular flexibility index (Phi) is 8.33. The van der Waals surface area contributed by atoms with Gasteiger partial charge in [0, 0.05) is 13.0 Å². The smallest absolute Gasteiger partial charge is 0.350 e. The first kappa shape index (κ1) is 23.8. The van der Waals surface area contributed by atoms with Crippen LogP contribution in [-0.4, -0.2) is 47.4 Å². The summed E-state index contributed by atoms with van der Waals surface area (Å²) in [4.78, 5) is 46.0. The van der Waals surface area contributed by atoms with Crippen molar-refractivity contribution >= 4 is 34.3 Å². The number of hydrogen-bond donors (Lipinski definition) is 0. The standard InChI is InChI=1S/C23H28FN3O4S/c1-3-31-22(30)21-16(2)25-23(32-21)27(14-17-9-11-18(24)12-10-17)20(29)15-26-13-7-5-4-6-8-19(26)28/h9-12H,3-8,13-15H2,1-2H3. The molecule has 1 aromatic heterocycles. The van der Waals surface area contributed by atoms with Crippen molar-refractivity contribution in [1.29, 1.82) is 0 Å². The molecule has 0 saturated carbocycles. The van der Waals surface area contributed by atoms with E-state index in [-0.39, 0.29) is 37.3 Å². The number of nitrogens with zero attached hydrogens (tertiary/aromatic N) is 3. The van der Waals surface area contributed by atoms with Crippen LogP contribution < -0.4 is 4.90 Å². The Morgan fingerprint density at radius 2 is 1.91 bits per heavy atom. The van der Waals surface area contributed by atoms with E-state index in [0.29, 0.717) is 34.2 Å². The Morgan fingerprint density at radius 3 is 2.62 bits per heavy atom. The number of esters is 1. The second-order valence-electron chi connectivity index (χ2n) is 7.72. The van der Waals surface area contributed by atoms with Crippen LogP contribution in [0.1, 0.15) is 60.0 Å². The van der Waals surface area contributed by atoms with Gasteiger partial charge in [0.1, 0.15) is 17.2 Å². The van der Waals surface area contributed by atoms with Gasteiger partial charge in [-0.15, -0.1) is 0 Å². The molecule has 1 aromatic carbocycles. The molecular formula is C23H28FN3O4S. The van der Waals surface area contributed by atoms with Crippen molar-refractivity contribution in [2.24, 2.45) is 0 Å². The number of aromatic nitrogens is 1. The lowest BCUT2D eigenvalue weighted by Gasteiger charge is -2.27. The number of rotatable bonds is 7. The van der Waals surface area contributed by atoms with Crippen molar-refractivity contribution in [3.63, 3.8) is 0 Å². The van der Waals surface area contributed by atoms with Crippen molar-refractivity contribution < 1.29 is 23.5 Å². The van der Waals surface area contributed by atoms with Gasteiger partial charge in [0.2, 0.25) is 11.8 Å². The van der Waals surface area contributed by atoms with Gasteiger partial charge in [0.05, 0.1) is 18.8 Å². The third-order valence-electron chi connectivity index (χ3n) is 5.28. The molecule has 0 N–H and O–H groups in total. The number of hydrogen-bond acceptors (Lipinski definition) is 6. The number of thiazole rings is 1. The zero-order valence-corrected chi connectivity index (χ0v) is 19.3. The second kappa shape index (κ2) is 11.2. The normalized spacial score (nSPS) is 14.6. The Hall–Kier alpha value is -2.81. The monoisotopic (exact) mass is 461 g/mol. The van der Waals surface area contributed by atoms with E-state index >= 15 is 0 Å². The molecule has 1 aliphatic rings. The minimum absolute atomic E-state index is 0.0256. The van der Waals surface area contributed by atoms with Crippen LogP contribution in [0.3, 0.4) is 0 Å². The van der Waals surface area contributed by atoms with Crippen molar-refractivity contribution in [2.75, 3.05) is 24.6 Å². The predicted octanol–water partition coefficient (Wildman–Crippen LogP) is 4.09. The molecule has 3 rings (SSSR count). The molecule has 1 fully saturated rings. The van der Waals surface area contributed by atoms with Crippen LogP contribution in [0.4, 0.5) is 9.52 Å². The van der Waals surface area contributed by atoms with E-state index in [1.54, 1.807) is 30.9 Å². The molecule has 7 nitrogen and oxygen atoms in total. The Morgan fingerprint density at radius 1 is 1.19 bits per heavy atom. The molecule has 1 saturated heterocycles. The van der Waals surface area contributed by atoms with E-state index in [9.17, 15) is 18.8 Å². The zero-order valence-electron chi connectivity index (χ0n) is 18.4. The van der Waals surface area contributed by atoms with Crippen LogP contribution in [0.2, 0.25) is 0 Å². The van der Waals surface area contributed by atoms with Gasteiger partial charge in [-0.05, 0) is 44.4 Å². The minimum atomic E-state index is -0.484. The van der Waals surface area contributed by atoms with E-state index in [1.807, 2.05) is 0 Å². The van der Waals surface area contributed by atoms with E-state index in [4.69, 9.17) is 4.74 Å². The summed E-state index contributed by atoms with van der Waals surface area (Å²) in [5.41, 5.74) is 1.19. The molecule has 0 atom stereocenters. The Bertz CT molecular complexity index is 961. The van der Waals surface area contributed by atoms with Crippen molar-refractivity contribution in [1.82, 2.24) is 9.88 Å². The topological polar surface area (TPSA) is 79.8 Å². The molecule has 0 spiro atoms. The average molecular weight is 462 g/mol. The van der Waals surface area contributed by atoms with Crippen LogP contribution in [0.5, 0.6) is 0 Å². The summed E-state index contributed by atoms with van der Waals surface area (Å²) in [5.74, 6) is -1.18. The highest BCUT2D eigenvalue weighted by molar-refractivity contribution is 7.17. The van der Waals surface area contributed by atoms with E-state index < -0.39 is 5.97 Å². The Labute approximate surface area is 191 Å². The number of likely N-dealkylation sites (tertiary alicyclic amines) is 1. The molecule has 2 amide bonds. The number of benzene rings is 1. The number of amides is 2. The van der Waals surface area contributed by atoms with Crippen LogP contribution in [-0.2, 0) is 20.9 Å². The number of halogens is 1. The predicted molar refractivity (Wildman–Crippen MR) is 120 cm³/mol. The number of ether oxygens (including phenoxy) is 1. The summed E-state index contributed by atoms with van der Waals surface area (Å²) in [6, 6.07) is 5.86. The molecule has 9 heteroatoms. The van der Waals surface area contributed by atoms with Gasteiger partial charge in [-0.1, -0.05) is 36.3 Å². The van der Waals surface area contributed by atoms with E-state index in [0.717, 1.165) is 37.0 Å². The first-order valence-corrected chi connectivity index (χ1v) is 11.7. The summed E-state index contributed by atoms with van der Waals surface area (Å²) in [6.45, 7) is 4.28. The number of anilines is 1. The van der Waals surface area contributed by atoms with Crippen molar-refractivity contribution in [3.05, 3.63) is 46.2 Å². The lowest BCUT2D eigenvalue weighted by atomic mass is 10.1. The molecule has 172 valence electrons. The summed E-state index contributed by atoms with van der Waals surface area (Å²) < 4.78 is 18.4. The number of carbonyl (C=O) groups is 3. The van der Waals surface area contributed by atoms with Crippen LogP contribution in [0, 0.1) is 12.7 Å². The van der Waals surface area contributed by atoms with E-state index in [2.05, 4.69) is 4.98 Å². The third-order valence-corrected chi connectivity index (χ3v) is 6.44. The highest BCUT2D eigenvalue weighted by Gasteiger charge is 2.27. The van der Waals surface area contributed by atoms with Gasteiger partial charge < -0.3 is 9.64 Å². The molecule has 1 aliphatic heterocycles. The zero-order chi connectivity index (χ0) is 23.1. The fourth-order valence-electron chi connectivity index (χ4n) is 3.55. The summed E-state index contributed by atoms with van der Waals surface area (Å²) >= 11 is 1.08. The van der Waals surface area contributed by atoms with E-state index in [1.165, 1.54) is 17.0 Å². The first-order valence-electron chi connectivity index (χ1n) is 10.9. The summed E-state index contributed by atoms with van der Waals surface area (Å²) in [6.07, 6.45) is 4.19. The molecule has 2 heterocycles. The molecular weight excluding hydrogens is 433 g/mol. The fourth-order valence-corrected chi connectivity index (χ4v) is 4.53. The first-order chi connectivity index (χ1) is 15.4. The van der Waals surface area contributed by atoms with Crippen LogP contribution >= 0.6 is 11.3 Å². The van der Waals surface area contributed by atoms with Crippen molar-refractivity contribution in [3.8, 4) is 0 Å². The van der Waals surface area contributed by atoms with Crippen molar-refractivity contribution in [2.45, 2.75) is 52.5 Å². The molecule has 2 aromatic rings. The van der Waals surface area contributed by atoms with Gasteiger partial charge in [0.15, 0.2) is 5.13 Å². The van der Waals surface area contributed by atoms with Gasteiger partial charge in [-0.2, -0.15) is 0 Å². The summed E-state index contributed by atoms with van der Waals surface area (Å²) in [5, 5.41) is 0.347. The SMILES string of the molecule is CCOC(=O)c1sc(N(Cc2ccc(F)cc2)C(=O)CN2CCCCCCC2=O)nc1C.